The Morgan fingerprint density at radius 1 is 0.292 bits per heavy atom. The van der Waals surface area contributed by atoms with Crippen LogP contribution in [-0.2, 0) is 0 Å². The predicted octanol–water partition coefficient (Wildman–Crippen LogP) is 11.5. The summed E-state index contributed by atoms with van der Waals surface area (Å²) in [5, 5.41) is 6.66. The van der Waals surface area contributed by atoms with Crippen LogP contribution in [0.1, 0.15) is 0 Å². The van der Waals surface area contributed by atoms with Gasteiger partial charge in [-0.2, -0.15) is 0 Å². The maximum absolute atomic E-state index is 6.19. The van der Waals surface area contributed by atoms with Gasteiger partial charge in [0.25, 0.3) is 0 Å². The van der Waals surface area contributed by atoms with Crippen LogP contribution in [0, 0.1) is 0 Å². The van der Waals surface area contributed by atoms with Crippen molar-refractivity contribution >= 4 is 54.6 Å². The maximum Gasteiger partial charge on any atom is 0.164 e. The van der Waals surface area contributed by atoms with Crippen LogP contribution in [-0.4, -0.2) is 15.0 Å². The van der Waals surface area contributed by atoms with Crippen LogP contribution in [0.3, 0.4) is 0 Å². The molecule has 0 unspecified atom stereocenters. The molecule has 48 heavy (non-hydrogen) atoms. The van der Waals surface area contributed by atoms with Crippen molar-refractivity contribution in [2.75, 3.05) is 0 Å². The molecule has 7 aromatic carbocycles. The summed E-state index contributed by atoms with van der Waals surface area (Å²) in [6.07, 6.45) is 0. The van der Waals surface area contributed by atoms with E-state index in [1.165, 1.54) is 5.39 Å². The lowest BCUT2D eigenvalue weighted by Gasteiger charge is -2.10. The van der Waals surface area contributed by atoms with E-state index in [1.54, 1.807) is 0 Å². The standard InChI is InChI=1S/C43H25N3O2/c1-2-9-26(10-3-1)41-44-42(46-43(45-41)31-19-20-39-35(24-31)33-13-4-6-15-37(33)47-39)30-12-8-11-27(21-30)28-17-18-29-23-36-34-14-5-7-16-38(34)48-40(36)25-32(29)22-28/h1-25H. The molecule has 5 nitrogen and oxygen atoms in total. The number of rotatable bonds is 4. The lowest BCUT2D eigenvalue weighted by atomic mass is 9.98. The molecule has 0 amide bonds. The van der Waals surface area contributed by atoms with Crippen molar-refractivity contribution in [3.8, 4) is 45.3 Å². The first-order valence-electron chi connectivity index (χ1n) is 15.9. The SMILES string of the molecule is c1ccc(-c2nc(-c3cccc(-c4ccc5cc6c(cc5c4)oc4ccccc46)c3)nc(-c3ccc4oc5ccccc5c4c3)n2)cc1. The van der Waals surface area contributed by atoms with Gasteiger partial charge in [-0.1, -0.05) is 97.1 Å². The summed E-state index contributed by atoms with van der Waals surface area (Å²) < 4.78 is 12.3. The van der Waals surface area contributed by atoms with Crippen LogP contribution < -0.4 is 0 Å². The molecule has 0 radical (unpaired) electrons. The van der Waals surface area contributed by atoms with E-state index >= 15 is 0 Å². The average Bonchev–Trinajstić information content (AvgIpc) is 3.71. The Hall–Kier alpha value is -6.59. The average molecular weight is 616 g/mol. The highest BCUT2D eigenvalue weighted by molar-refractivity contribution is 6.10. The van der Waals surface area contributed by atoms with E-state index in [-0.39, 0.29) is 0 Å². The molecule has 0 saturated heterocycles. The summed E-state index contributed by atoms with van der Waals surface area (Å²) in [4.78, 5) is 15.0. The van der Waals surface area contributed by atoms with E-state index < -0.39 is 0 Å². The fraction of sp³-hybridized carbons (Fsp3) is 0. The van der Waals surface area contributed by atoms with Gasteiger partial charge < -0.3 is 8.83 Å². The highest BCUT2D eigenvalue weighted by Crippen LogP contribution is 2.36. The molecule has 0 fully saturated rings. The van der Waals surface area contributed by atoms with Crippen molar-refractivity contribution in [2.24, 2.45) is 0 Å². The topological polar surface area (TPSA) is 65.0 Å². The van der Waals surface area contributed by atoms with Crippen molar-refractivity contribution in [3.63, 3.8) is 0 Å². The predicted molar refractivity (Wildman–Crippen MR) is 194 cm³/mol. The van der Waals surface area contributed by atoms with Crippen LogP contribution in [0.15, 0.2) is 160 Å². The minimum Gasteiger partial charge on any atom is -0.456 e. The number of benzene rings is 7. The van der Waals surface area contributed by atoms with Crippen LogP contribution in [0.2, 0.25) is 0 Å². The zero-order valence-electron chi connectivity index (χ0n) is 25.6. The first kappa shape index (κ1) is 26.6. The molecule has 0 N–H and O–H groups in total. The molecule has 0 bridgehead atoms. The fourth-order valence-electron chi connectivity index (χ4n) is 6.70. The summed E-state index contributed by atoms with van der Waals surface area (Å²) in [7, 11) is 0. The Labute approximate surface area is 274 Å². The van der Waals surface area contributed by atoms with Crippen molar-refractivity contribution in [2.45, 2.75) is 0 Å². The fourth-order valence-corrected chi connectivity index (χ4v) is 6.70. The first-order valence-corrected chi connectivity index (χ1v) is 15.9. The maximum atomic E-state index is 6.19. The number of hydrogen-bond donors (Lipinski definition) is 0. The summed E-state index contributed by atoms with van der Waals surface area (Å²) in [5.74, 6) is 1.85. The van der Waals surface area contributed by atoms with Crippen LogP contribution >= 0.6 is 0 Å². The lowest BCUT2D eigenvalue weighted by Crippen LogP contribution is -2.00. The van der Waals surface area contributed by atoms with Gasteiger partial charge in [-0.05, 0) is 76.5 Å². The normalized spacial score (nSPS) is 11.8. The minimum atomic E-state index is 0.608. The molecule has 0 aliphatic heterocycles. The van der Waals surface area contributed by atoms with Gasteiger partial charge in [0.2, 0.25) is 0 Å². The Kier molecular flexibility index (Phi) is 5.81. The van der Waals surface area contributed by atoms with Gasteiger partial charge in [-0.15, -0.1) is 0 Å². The molecule has 3 heterocycles. The summed E-state index contributed by atoms with van der Waals surface area (Å²) in [6, 6.07) is 51.8. The van der Waals surface area contributed by atoms with Crippen LogP contribution in [0.25, 0.3) is 99.9 Å². The number of fused-ring (bicyclic) bond motifs is 7. The van der Waals surface area contributed by atoms with E-state index in [1.807, 2.05) is 72.8 Å². The van der Waals surface area contributed by atoms with Crippen molar-refractivity contribution in [1.82, 2.24) is 15.0 Å². The first-order chi connectivity index (χ1) is 23.7. The molecule has 3 aromatic heterocycles. The Balaban J connectivity index is 1.10. The van der Waals surface area contributed by atoms with Gasteiger partial charge in [0.1, 0.15) is 22.3 Å². The van der Waals surface area contributed by atoms with Gasteiger partial charge in [0, 0.05) is 38.2 Å². The number of para-hydroxylation sites is 2. The molecular formula is C43H25N3O2. The van der Waals surface area contributed by atoms with Crippen molar-refractivity contribution in [3.05, 3.63) is 152 Å². The van der Waals surface area contributed by atoms with Gasteiger partial charge in [0.15, 0.2) is 17.5 Å². The Morgan fingerprint density at radius 3 is 1.60 bits per heavy atom. The van der Waals surface area contributed by atoms with E-state index in [2.05, 4.69) is 78.9 Å². The molecular weight excluding hydrogens is 590 g/mol. The van der Waals surface area contributed by atoms with Gasteiger partial charge >= 0.3 is 0 Å². The third-order valence-corrected chi connectivity index (χ3v) is 9.09. The molecule has 224 valence electrons. The largest absolute Gasteiger partial charge is 0.456 e. The van der Waals surface area contributed by atoms with Crippen molar-refractivity contribution in [1.29, 1.82) is 0 Å². The lowest BCUT2D eigenvalue weighted by molar-refractivity contribution is 0.669. The summed E-state index contributed by atoms with van der Waals surface area (Å²) >= 11 is 0. The number of nitrogens with zero attached hydrogens (tertiary/aromatic N) is 3. The van der Waals surface area contributed by atoms with Crippen LogP contribution in [0.5, 0.6) is 0 Å². The number of aromatic nitrogens is 3. The highest BCUT2D eigenvalue weighted by Gasteiger charge is 2.15. The molecule has 0 aliphatic carbocycles. The van der Waals surface area contributed by atoms with Crippen LogP contribution in [0.4, 0.5) is 0 Å². The molecule has 0 atom stereocenters. The smallest absolute Gasteiger partial charge is 0.164 e. The molecule has 0 spiro atoms. The molecule has 5 heteroatoms. The van der Waals surface area contributed by atoms with E-state index in [4.69, 9.17) is 23.8 Å². The second-order valence-corrected chi connectivity index (χ2v) is 12.1. The number of furan rings is 2. The second-order valence-electron chi connectivity index (χ2n) is 12.1. The molecule has 0 saturated carbocycles. The monoisotopic (exact) mass is 615 g/mol. The Morgan fingerprint density at radius 2 is 0.833 bits per heavy atom. The molecule has 0 aliphatic rings. The summed E-state index contributed by atoms with van der Waals surface area (Å²) in [6.45, 7) is 0. The molecule has 10 aromatic rings. The van der Waals surface area contributed by atoms with E-state index in [0.29, 0.717) is 17.5 Å². The molecule has 10 rings (SSSR count). The number of hydrogen-bond acceptors (Lipinski definition) is 5. The van der Waals surface area contributed by atoms with Gasteiger partial charge in [-0.25, -0.2) is 15.0 Å². The quantitative estimate of drug-likeness (QED) is 0.197. The van der Waals surface area contributed by atoms with Crippen molar-refractivity contribution < 1.29 is 8.83 Å². The zero-order valence-corrected chi connectivity index (χ0v) is 25.6. The van der Waals surface area contributed by atoms with Gasteiger partial charge in [-0.3, -0.25) is 0 Å². The van der Waals surface area contributed by atoms with E-state index in [0.717, 1.165) is 77.1 Å². The third-order valence-electron chi connectivity index (χ3n) is 9.09. The van der Waals surface area contributed by atoms with E-state index in [9.17, 15) is 0 Å². The second kappa shape index (κ2) is 10.5. The minimum absolute atomic E-state index is 0.608. The zero-order chi connectivity index (χ0) is 31.6. The third kappa shape index (κ3) is 4.37. The van der Waals surface area contributed by atoms with Gasteiger partial charge in [0.05, 0.1) is 0 Å². The summed E-state index contributed by atoms with van der Waals surface area (Å²) in [5.41, 5.74) is 8.42. The Bertz CT molecular complexity index is 2850. The highest BCUT2D eigenvalue weighted by atomic mass is 16.3.